The van der Waals surface area contributed by atoms with Gasteiger partial charge in [-0.15, -0.1) is 0 Å². The largest absolute Gasteiger partial charge is 0.351 e. The van der Waals surface area contributed by atoms with Gasteiger partial charge in [-0.05, 0) is 35.0 Å². The zero-order valence-electron chi connectivity index (χ0n) is 23.1. The molecule has 3 amide bonds. The number of rotatable bonds is 12. The summed E-state index contributed by atoms with van der Waals surface area (Å²) in [6, 6.07) is 28.1. The second kappa shape index (κ2) is 14.0. The minimum Gasteiger partial charge on any atom is -0.351 e. The van der Waals surface area contributed by atoms with E-state index in [2.05, 4.69) is 30.8 Å². The number of hydrogen-bond donors (Lipinski definition) is 3. The van der Waals surface area contributed by atoms with Crippen LogP contribution in [0.2, 0.25) is 0 Å². The van der Waals surface area contributed by atoms with Crippen molar-refractivity contribution in [3.63, 3.8) is 0 Å². The average molecular weight is 561 g/mol. The van der Waals surface area contributed by atoms with Crippen LogP contribution in [0.1, 0.15) is 31.3 Å². The highest BCUT2D eigenvalue weighted by Crippen LogP contribution is 2.14. The molecule has 0 radical (unpaired) electrons. The molecule has 0 bridgehead atoms. The molecule has 212 valence electrons. The highest BCUT2D eigenvalue weighted by molar-refractivity contribution is 5.97. The van der Waals surface area contributed by atoms with Gasteiger partial charge < -0.3 is 16.0 Å². The molecular formula is C33H32N6O3. The van der Waals surface area contributed by atoms with Crippen molar-refractivity contribution >= 4 is 39.3 Å². The fourth-order valence-electron chi connectivity index (χ4n) is 4.61. The first-order valence-corrected chi connectivity index (χ1v) is 13.9. The lowest BCUT2D eigenvalue weighted by Crippen LogP contribution is -2.43. The van der Waals surface area contributed by atoms with Crippen LogP contribution < -0.4 is 16.0 Å². The molecule has 0 saturated heterocycles. The van der Waals surface area contributed by atoms with E-state index in [9.17, 15) is 14.4 Å². The van der Waals surface area contributed by atoms with E-state index in [1.165, 1.54) is 0 Å². The van der Waals surface area contributed by atoms with Crippen LogP contribution in [0, 0.1) is 0 Å². The predicted octanol–water partition coefficient (Wildman–Crippen LogP) is 3.67. The molecule has 5 rings (SSSR count). The minimum atomic E-state index is -0.256. The quantitative estimate of drug-likeness (QED) is 0.214. The number of benzene rings is 3. The number of nitrogens with one attached hydrogen (secondary N) is 3. The number of nitrogens with zero attached hydrogens (tertiary/aromatic N) is 3. The van der Waals surface area contributed by atoms with E-state index in [1.54, 1.807) is 36.7 Å². The van der Waals surface area contributed by atoms with E-state index in [4.69, 9.17) is 0 Å². The molecule has 0 spiro atoms. The molecule has 0 aliphatic carbocycles. The summed E-state index contributed by atoms with van der Waals surface area (Å²) in [6.45, 7) is 2.73. The SMILES string of the molecule is O=C(NCCN(CCNC(=O)c1cc2ccccc2cn1)CCNC(=O)c1cc2ccccc2cn1)c1ccccc1. The Hall–Kier alpha value is -5.15. The third kappa shape index (κ3) is 7.52. The normalized spacial score (nSPS) is 11.0. The highest BCUT2D eigenvalue weighted by atomic mass is 16.2. The van der Waals surface area contributed by atoms with E-state index < -0.39 is 0 Å². The number of hydrogen-bond acceptors (Lipinski definition) is 6. The lowest BCUT2D eigenvalue weighted by molar-refractivity contribution is 0.0943. The summed E-state index contributed by atoms with van der Waals surface area (Å²) in [7, 11) is 0. The van der Waals surface area contributed by atoms with Gasteiger partial charge in [0.15, 0.2) is 0 Å². The summed E-state index contributed by atoms with van der Waals surface area (Å²) in [6.07, 6.45) is 3.39. The number of carbonyl (C=O) groups excluding carboxylic acids is 3. The van der Waals surface area contributed by atoms with Gasteiger partial charge in [-0.3, -0.25) is 29.3 Å². The Morgan fingerprint density at radius 1 is 0.524 bits per heavy atom. The van der Waals surface area contributed by atoms with Crippen molar-refractivity contribution in [1.82, 2.24) is 30.8 Å². The Balaban J connectivity index is 1.15. The third-order valence-electron chi connectivity index (χ3n) is 6.90. The highest BCUT2D eigenvalue weighted by Gasteiger charge is 2.13. The van der Waals surface area contributed by atoms with Crippen LogP contribution in [-0.4, -0.2) is 71.9 Å². The van der Waals surface area contributed by atoms with E-state index in [-0.39, 0.29) is 17.7 Å². The summed E-state index contributed by atoms with van der Waals surface area (Å²) < 4.78 is 0. The first-order chi connectivity index (χ1) is 20.6. The lowest BCUT2D eigenvalue weighted by atomic mass is 10.1. The third-order valence-corrected chi connectivity index (χ3v) is 6.90. The van der Waals surface area contributed by atoms with Crippen LogP contribution in [0.4, 0.5) is 0 Å². The van der Waals surface area contributed by atoms with E-state index in [1.807, 2.05) is 66.7 Å². The fraction of sp³-hybridized carbons (Fsp3) is 0.182. The monoisotopic (exact) mass is 560 g/mol. The van der Waals surface area contributed by atoms with Crippen molar-refractivity contribution < 1.29 is 14.4 Å². The smallest absolute Gasteiger partial charge is 0.269 e. The number of aromatic nitrogens is 2. The van der Waals surface area contributed by atoms with Crippen molar-refractivity contribution in [3.05, 3.63) is 120 Å². The van der Waals surface area contributed by atoms with E-state index >= 15 is 0 Å². The van der Waals surface area contributed by atoms with Crippen LogP contribution in [0.15, 0.2) is 103 Å². The van der Waals surface area contributed by atoms with Crippen molar-refractivity contribution in [2.75, 3.05) is 39.3 Å². The molecule has 0 unspecified atom stereocenters. The van der Waals surface area contributed by atoms with Crippen molar-refractivity contribution in [1.29, 1.82) is 0 Å². The molecule has 3 aromatic carbocycles. The summed E-state index contributed by atoms with van der Waals surface area (Å²) >= 11 is 0. The first-order valence-electron chi connectivity index (χ1n) is 13.9. The lowest BCUT2D eigenvalue weighted by Gasteiger charge is -2.23. The average Bonchev–Trinajstić information content (AvgIpc) is 3.04. The number of carbonyl (C=O) groups is 3. The summed E-state index contributed by atoms with van der Waals surface area (Å²) in [5.41, 5.74) is 1.30. The van der Waals surface area contributed by atoms with E-state index in [0.717, 1.165) is 21.5 Å². The number of amides is 3. The molecule has 3 N–H and O–H groups in total. The molecule has 0 aliphatic rings. The van der Waals surface area contributed by atoms with Gasteiger partial charge in [-0.1, -0.05) is 66.7 Å². The molecule has 0 saturated carbocycles. The maximum Gasteiger partial charge on any atom is 0.269 e. The van der Waals surface area contributed by atoms with Crippen LogP contribution in [-0.2, 0) is 0 Å². The van der Waals surface area contributed by atoms with E-state index in [0.29, 0.717) is 56.2 Å². The molecule has 2 aromatic heterocycles. The molecule has 42 heavy (non-hydrogen) atoms. The van der Waals surface area contributed by atoms with Crippen molar-refractivity contribution in [2.45, 2.75) is 0 Å². The number of fused-ring (bicyclic) bond motifs is 2. The van der Waals surface area contributed by atoms with Crippen molar-refractivity contribution in [3.8, 4) is 0 Å². The Morgan fingerprint density at radius 3 is 1.40 bits per heavy atom. The van der Waals surface area contributed by atoms with Gasteiger partial charge in [0.2, 0.25) is 0 Å². The Morgan fingerprint density at radius 2 is 0.929 bits per heavy atom. The Labute approximate surface area is 244 Å². The van der Waals surface area contributed by atoms with Gasteiger partial charge in [0.05, 0.1) is 0 Å². The van der Waals surface area contributed by atoms with Gasteiger partial charge >= 0.3 is 0 Å². The Kier molecular flexibility index (Phi) is 9.43. The zero-order chi connectivity index (χ0) is 29.1. The summed E-state index contributed by atoms with van der Waals surface area (Å²) in [4.78, 5) is 48.7. The van der Waals surface area contributed by atoms with Crippen molar-refractivity contribution in [2.24, 2.45) is 0 Å². The predicted molar refractivity (Wildman–Crippen MR) is 163 cm³/mol. The van der Waals surface area contributed by atoms with Crippen LogP contribution in [0.5, 0.6) is 0 Å². The zero-order valence-corrected chi connectivity index (χ0v) is 23.1. The van der Waals surface area contributed by atoms with Gasteiger partial charge in [0, 0.05) is 68.0 Å². The maximum atomic E-state index is 12.8. The Bertz CT molecular complexity index is 1590. The molecule has 0 fully saturated rings. The van der Waals surface area contributed by atoms with Crippen LogP contribution in [0.25, 0.3) is 21.5 Å². The molecule has 9 heteroatoms. The second-order valence-corrected chi connectivity index (χ2v) is 9.81. The minimum absolute atomic E-state index is 0.151. The van der Waals surface area contributed by atoms with Gasteiger partial charge in [0.25, 0.3) is 17.7 Å². The standard InChI is InChI=1S/C33H32N6O3/c40-31(24-8-2-1-3-9-24)34-14-17-39(18-15-35-32(41)29-20-25-10-4-6-12-27(25)22-37-29)19-16-36-33(42)30-21-26-11-5-7-13-28(26)23-38-30/h1-13,20-23H,14-19H2,(H,34,40)(H,35,41)(H,36,42). The second-order valence-electron chi connectivity index (χ2n) is 9.81. The van der Waals surface area contributed by atoms with Gasteiger partial charge in [-0.25, -0.2) is 0 Å². The molecule has 5 aromatic rings. The van der Waals surface area contributed by atoms with Crippen LogP contribution in [0.3, 0.4) is 0 Å². The summed E-state index contributed by atoms with van der Waals surface area (Å²) in [5, 5.41) is 12.6. The summed E-state index contributed by atoms with van der Waals surface area (Å²) in [5.74, 6) is -0.663. The molecule has 9 nitrogen and oxygen atoms in total. The first kappa shape index (κ1) is 28.4. The van der Waals surface area contributed by atoms with Crippen LogP contribution >= 0.6 is 0 Å². The topological polar surface area (TPSA) is 116 Å². The molecular weight excluding hydrogens is 528 g/mol. The molecule has 2 heterocycles. The molecule has 0 aliphatic heterocycles. The fourth-order valence-corrected chi connectivity index (χ4v) is 4.61. The maximum absolute atomic E-state index is 12.8. The van der Waals surface area contributed by atoms with Gasteiger partial charge in [0.1, 0.15) is 11.4 Å². The van der Waals surface area contributed by atoms with Gasteiger partial charge in [-0.2, -0.15) is 0 Å². The number of pyridine rings is 2. The molecule has 0 atom stereocenters.